The number of aromatic nitrogens is 2. The third kappa shape index (κ3) is 3.12. The summed E-state index contributed by atoms with van der Waals surface area (Å²) in [6.45, 7) is 0. The quantitative estimate of drug-likeness (QED) is 0.638. The molecule has 2 aromatic rings. The van der Waals surface area contributed by atoms with Gasteiger partial charge in [-0.25, -0.2) is 4.98 Å². The number of nitrogens with zero attached hydrogens (tertiary/aromatic N) is 3. The maximum absolute atomic E-state index is 12.7. The molecule has 0 bridgehead atoms. The Bertz CT molecular complexity index is 718. The van der Waals surface area contributed by atoms with Crippen LogP contribution in [0.5, 0.6) is 5.75 Å². The second-order valence-electron chi connectivity index (χ2n) is 4.15. The Kier molecular flexibility index (Phi) is 4.11. The number of thiocarbonyl (C=S) groups is 1. The summed E-state index contributed by atoms with van der Waals surface area (Å²) in [5, 5.41) is 2.19. The van der Waals surface area contributed by atoms with Crippen LogP contribution in [0.4, 0.5) is 19.0 Å². The molecule has 0 aliphatic carbocycles. The normalized spacial score (nSPS) is 11.1. The topological polar surface area (TPSA) is 39.4 Å². The van der Waals surface area contributed by atoms with Gasteiger partial charge in [-0.1, -0.05) is 0 Å². The summed E-state index contributed by atoms with van der Waals surface area (Å²) < 4.78 is 44.8. The number of aliphatic imine (C=N–C) groups is 1. The molecule has 0 aliphatic rings. The van der Waals surface area contributed by atoms with Gasteiger partial charge >= 0.3 is 6.18 Å². The number of hydrogen-bond acceptors (Lipinski definition) is 4. The molecule has 0 spiro atoms. The van der Waals surface area contributed by atoms with Crippen LogP contribution < -0.4 is 4.74 Å². The van der Waals surface area contributed by atoms with Crippen LogP contribution in [0, 0.1) is 0 Å². The Morgan fingerprint density at radius 1 is 1.38 bits per heavy atom. The second kappa shape index (κ2) is 5.67. The average molecular weight is 313 g/mol. The summed E-state index contributed by atoms with van der Waals surface area (Å²) in [6, 6.07) is 3.23. The molecule has 0 amide bonds. The summed E-state index contributed by atoms with van der Waals surface area (Å²) in [4.78, 5) is 7.91. The van der Waals surface area contributed by atoms with Crippen LogP contribution in [0.25, 0.3) is 11.4 Å². The number of halogens is 3. The number of ether oxygens (including phenoxy) is 1. The Morgan fingerprint density at radius 3 is 2.67 bits per heavy atom. The van der Waals surface area contributed by atoms with Crippen molar-refractivity contribution in [3.05, 3.63) is 30.0 Å². The number of aryl methyl sites for hydroxylation is 1. The largest absolute Gasteiger partial charge is 0.496 e. The third-order valence-corrected chi connectivity index (χ3v) is 2.88. The molecule has 4 nitrogen and oxygen atoms in total. The van der Waals surface area contributed by atoms with Crippen LogP contribution in [-0.4, -0.2) is 21.8 Å². The van der Waals surface area contributed by atoms with E-state index in [9.17, 15) is 13.2 Å². The molecule has 110 valence electrons. The minimum absolute atomic E-state index is 0.0800. The first-order valence-corrected chi connectivity index (χ1v) is 6.14. The summed E-state index contributed by atoms with van der Waals surface area (Å²) in [6.07, 6.45) is -2.84. The molecule has 0 atom stereocenters. The van der Waals surface area contributed by atoms with Gasteiger partial charge < -0.3 is 9.30 Å². The molecule has 0 radical (unpaired) electrons. The van der Waals surface area contributed by atoms with Crippen molar-refractivity contribution < 1.29 is 17.9 Å². The van der Waals surface area contributed by atoms with Crippen molar-refractivity contribution in [1.82, 2.24) is 9.55 Å². The molecule has 0 unspecified atom stereocenters. The van der Waals surface area contributed by atoms with Crippen molar-refractivity contribution in [3.8, 4) is 17.1 Å². The highest BCUT2D eigenvalue weighted by atomic mass is 32.1. The molecule has 0 fully saturated rings. The van der Waals surface area contributed by atoms with Crippen LogP contribution in [0.3, 0.4) is 0 Å². The van der Waals surface area contributed by atoms with Crippen molar-refractivity contribution in [1.29, 1.82) is 0 Å². The first-order valence-electron chi connectivity index (χ1n) is 5.73. The van der Waals surface area contributed by atoms with Crippen LogP contribution >= 0.6 is 12.2 Å². The second-order valence-corrected chi connectivity index (χ2v) is 4.33. The fourth-order valence-corrected chi connectivity index (χ4v) is 1.95. The van der Waals surface area contributed by atoms with E-state index >= 15 is 0 Å². The summed E-state index contributed by atoms with van der Waals surface area (Å²) in [5.41, 5.74) is -0.353. The van der Waals surface area contributed by atoms with Crippen molar-refractivity contribution in [2.45, 2.75) is 6.18 Å². The van der Waals surface area contributed by atoms with E-state index in [0.717, 1.165) is 12.1 Å². The highest BCUT2D eigenvalue weighted by Crippen LogP contribution is 2.37. The molecule has 1 aromatic carbocycles. The Hall–Kier alpha value is -2.18. The van der Waals surface area contributed by atoms with Gasteiger partial charge in [0.1, 0.15) is 11.6 Å². The maximum atomic E-state index is 12.7. The van der Waals surface area contributed by atoms with Crippen LogP contribution in [0.2, 0.25) is 0 Å². The number of imidazole rings is 1. The van der Waals surface area contributed by atoms with Crippen LogP contribution in [-0.2, 0) is 13.2 Å². The smallest absolute Gasteiger partial charge is 0.416 e. The number of hydrogen-bond donors (Lipinski definition) is 0. The monoisotopic (exact) mass is 313 g/mol. The zero-order chi connectivity index (χ0) is 15.6. The maximum Gasteiger partial charge on any atom is 0.416 e. The van der Waals surface area contributed by atoms with E-state index in [0.29, 0.717) is 17.2 Å². The van der Waals surface area contributed by atoms with E-state index in [4.69, 9.17) is 4.74 Å². The predicted octanol–water partition coefficient (Wildman–Crippen LogP) is 3.85. The number of rotatable bonds is 3. The highest BCUT2D eigenvalue weighted by Gasteiger charge is 2.31. The van der Waals surface area contributed by atoms with Gasteiger partial charge in [0.25, 0.3) is 0 Å². The van der Waals surface area contributed by atoms with Gasteiger partial charge in [0, 0.05) is 7.05 Å². The third-order valence-electron chi connectivity index (χ3n) is 2.79. The van der Waals surface area contributed by atoms with Crippen molar-refractivity contribution in [2.24, 2.45) is 12.0 Å². The lowest BCUT2D eigenvalue weighted by atomic mass is 10.1. The minimum atomic E-state index is -4.43. The lowest BCUT2D eigenvalue weighted by Gasteiger charge is -2.12. The van der Waals surface area contributed by atoms with Gasteiger partial charge in [-0.05, 0) is 30.4 Å². The van der Waals surface area contributed by atoms with E-state index < -0.39 is 11.7 Å². The van der Waals surface area contributed by atoms with Gasteiger partial charge in [-0.15, -0.1) is 0 Å². The highest BCUT2D eigenvalue weighted by molar-refractivity contribution is 7.78. The zero-order valence-electron chi connectivity index (χ0n) is 11.1. The lowest BCUT2D eigenvalue weighted by Crippen LogP contribution is -2.05. The van der Waals surface area contributed by atoms with Gasteiger partial charge in [-0.2, -0.15) is 18.2 Å². The van der Waals surface area contributed by atoms with Crippen LogP contribution in [0.1, 0.15) is 5.56 Å². The van der Waals surface area contributed by atoms with E-state index in [1.165, 1.54) is 13.2 Å². The summed E-state index contributed by atoms with van der Waals surface area (Å²) >= 11 is 4.49. The van der Waals surface area contributed by atoms with E-state index in [1.54, 1.807) is 17.8 Å². The predicted molar refractivity (Wildman–Crippen MR) is 74.9 cm³/mol. The summed E-state index contributed by atoms with van der Waals surface area (Å²) in [7, 11) is 3.00. The molecule has 8 heteroatoms. The molecular weight excluding hydrogens is 303 g/mol. The van der Waals surface area contributed by atoms with Gasteiger partial charge in [0.2, 0.25) is 0 Å². The standard InChI is InChI=1S/C13H10F3N3OS/c1-19-6-11(17-7-21)18-12(19)9-4-3-8(13(14,15)16)5-10(9)20-2/h3-6H,1-2H3. The SMILES string of the molecule is COc1cc(C(F)(F)F)ccc1-c1nc(N=C=S)cn1C. The number of isothiocyanates is 1. The van der Waals surface area contributed by atoms with E-state index in [2.05, 4.69) is 27.4 Å². The number of benzene rings is 1. The average Bonchev–Trinajstić information content (AvgIpc) is 2.78. The Labute approximate surface area is 123 Å². The number of alkyl halides is 3. The van der Waals surface area contributed by atoms with Crippen molar-refractivity contribution in [3.63, 3.8) is 0 Å². The summed E-state index contributed by atoms with van der Waals surface area (Å²) in [5.74, 6) is 0.824. The lowest BCUT2D eigenvalue weighted by molar-refractivity contribution is -0.137. The van der Waals surface area contributed by atoms with Gasteiger partial charge in [0.05, 0.1) is 29.6 Å². The van der Waals surface area contributed by atoms with Crippen molar-refractivity contribution in [2.75, 3.05) is 7.11 Å². The molecule has 2 rings (SSSR count). The molecule has 0 saturated heterocycles. The molecule has 0 N–H and O–H groups in total. The molecule has 1 aromatic heterocycles. The molecule has 21 heavy (non-hydrogen) atoms. The fourth-order valence-electron chi connectivity index (χ4n) is 1.85. The molecular formula is C13H10F3N3OS. The Morgan fingerprint density at radius 2 is 2.10 bits per heavy atom. The number of methoxy groups -OCH3 is 1. The van der Waals surface area contributed by atoms with E-state index in [1.807, 2.05) is 0 Å². The zero-order valence-corrected chi connectivity index (χ0v) is 11.9. The molecule has 1 heterocycles. The van der Waals surface area contributed by atoms with Crippen molar-refractivity contribution >= 4 is 23.2 Å². The molecule has 0 saturated carbocycles. The fraction of sp³-hybridized carbons (Fsp3) is 0.231. The first kappa shape index (κ1) is 15.2. The van der Waals surface area contributed by atoms with Gasteiger partial charge in [0.15, 0.2) is 5.82 Å². The molecule has 0 aliphatic heterocycles. The van der Waals surface area contributed by atoms with Crippen LogP contribution in [0.15, 0.2) is 29.4 Å². The Balaban J connectivity index is 2.56. The van der Waals surface area contributed by atoms with Gasteiger partial charge in [-0.3, -0.25) is 0 Å². The van der Waals surface area contributed by atoms with E-state index in [-0.39, 0.29) is 5.75 Å². The minimum Gasteiger partial charge on any atom is -0.496 e. The first-order chi connectivity index (χ1) is 9.86.